The number of alkyl halides is 3. The van der Waals surface area contributed by atoms with Gasteiger partial charge in [0.15, 0.2) is 0 Å². The molecule has 8 heteroatoms. The Morgan fingerprint density at radius 1 is 1.15 bits per heavy atom. The number of benzene rings is 1. The molecule has 1 aliphatic rings. The van der Waals surface area contributed by atoms with Gasteiger partial charge in [-0.25, -0.2) is 0 Å². The Labute approximate surface area is 150 Å². The molecule has 0 radical (unpaired) electrons. The SMILES string of the molecule is O=C(O)CCN(C(=O)CC(F)(F)F)C(CN1CCCC1)c1ccccc1. The first-order valence-electron chi connectivity index (χ1n) is 8.61. The number of nitrogens with zero attached hydrogens (tertiary/aromatic N) is 2. The number of carboxylic acids is 1. The summed E-state index contributed by atoms with van der Waals surface area (Å²) in [6, 6.07) is 8.22. The molecule has 1 aromatic carbocycles. The minimum atomic E-state index is -4.63. The second-order valence-electron chi connectivity index (χ2n) is 6.46. The van der Waals surface area contributed by atoms with Crippen LogP contribution >= 0.6 is 0 Å². The Kier molecular flexibility index (Phi) is 7.02. The molecule has 1 atom stereocenters. The molecule has 1 saturated heterocycles. The zero-order valence-corrected chi connectivity index (χ0v) is 14.4. The van der Waals surface area contributed by atoms with Crippen molar-refractivity contribution in [3.63, 3.8) is 0 Å². The van der Waals surface area contributed by atoms with Crippen LogP contribution in [0.2, 0.25) is 0 Å². The van der Waals surface area contributed by atoms with Crippen LogP contribution in [0.3, 0.4) is 0 Å². The van der Waals surface area contributed by atoms with Crippen molar-refractivity contribution in [2.45, 2.75) is 37.9 Å². The minimum Gasteiger partial charge on any atom is -0.481 e. The number of carbonyl (C=O) groups excluding carboxylic acids is 1. The molecule has 0 bridgehead atoms. The highest BCUT2D eigenvalue weighted by atomic mass is 19.4. The molecule has 1 aromatic rings. The average molecular weight is 372 g/mol. The summed E-state index contributed by atoms with van der Waals surface area (Å²) in [5, 5.41) is 8.94. The Balaban J connectivity index is 2.28. The van der Waals surface area contributed by atoms with Crippen LogP contribution in [0, 0.1) is 0 Å². The molecule has 0 aliphatic carbocycles. The molecule has 0 aromatic heterocycles. The van der Waals surface area contributed by atoms with Crippen molar-refractivity contribution in [3.8, 4) is 0 Å². The van der Waals surface area contributed by atoms with E-state index in [4.69, 9.17) is 5.11 Å². The van der Waals surface area contributed by atoms with Crippen molar-refractivity contribution >= 4 is 11.9 Å². The normalized spacial score (nSPS) is 16.4. The zero-order valence-electron chi connectivity index (χ0n) is 14.4. The average Bonchev–Trinajstić information content (AvgIpc) is 3.06. The first-order chi connectivity index (χ1) is 12.3. The standard InChI is InChI=1S/C18H23F3N2O3/c19-18(20,21)12-16(24)23(11-8-17(25)26)15(13-22-9-4-5-10-22)14-6-2-1-3-7-14/h1-3,6-7,15H,4-5,8-13H2,(H,25,26). The quantitative estimate of drug-likeness (QED) is 0.762. The summed E-state index contributed by atoms with van der Waals surface area (Å²) in [6.07, 6.45) is -4.60. The molecule has 1 aliphatic heterocycles. The predicted octanol–water partition coefficient (Wildman–Crippen LogP) is 3.08. The molecule has 1 amide bonds. The first-order valence-corrected chi connectivity index (χ1v) is 8.61. The van der Waals surface area contributed by atoms with E-state index in [1.807, 2.05) is 0 Å². The number of rotatable bonds is 8. The predicted molar refractivity (Wildman–Crippen MR) is 89.5 cm³/mol. The summed E-state index contributed by atoms with van der Waals surface area (Å²) in [7, 11) is 0. The lowest BCUT2D eigenvalue weighted by Crippen LogP contribution is -2.43. The second-order valence-corrected chi connectivity index (χ2v) is 6.46. The first kappa shape index (κ1) is 20.2. The fourth-order valence-electron chi connectivity index (χ4n) is 3.21. The largest absolute Gasteiger partial charge is 0.481 e. The van der Waals surface area contributed by atoms with E-state index < -0.39 is 36.9 Å². The summed E-state index contributed by atoms with van der Waals surface area (Å²) < 4.78 is 38.3. The highest BCUT2D eigenvalue weighted by Crippen LogP contribution is 2.28. The van der Waals surface area contributed by atoms with Crippen molar-refractivity contribution in [3.05, 3.63) is 35.9 Å². The molecule has 1 fully saturated rings. The second kappa shape index (κ2) is 9.02. The van der Waals surface area contributed by atoms with Crippen LogP contribution in [-0.2, 0) is 9.59 Å². The van der Waals surface area contributed by atoms with E-state index in [0.717, 1.165) is 30.8 Å². The van der Waals surface area contributed by atoms with E-state index in [2.05, 4.69) is 4.90 Å². The molecular formula is C18H23F3N2O3. The van der Waals surface area contributed by atoms with Crippen LogP contribution in [0.15, 0.2) is 30.3 Å². The van der Waals surface area contributed by atoms with Crippen molar-refractivity contribution in [2.75, 3.05) is 26.2 Å². The number of carbonyl (C=O) groups is 2. The summed E-state index contributed by atoms with van der Waals surface area (Å²) in [5.74, 6) is -2.24. The van der Waals surface area contributed by atoms with Crippen LogP contribution in [-0.4, -0.2) is 59.1 Å². The molecule has 0 spiro atoms. The summed E-state index contributed by atoms with van der Waals surface area (Å²) in [4.78, 5) is 26.5. The summed E-state index contributed by atoms with van der Waals surface area (Å²) >= 11 is 0. The maximum absolute atomic E-state index is 12.8. The van der Waals surface area contributed by atoms with Gasteiger partial charge in [0.25, 0.3) is 0 Å². The monoisotopic (exact) mass is 372 g/mol. The molecule has 144 valence electrons. The highest BCUT2D eigenvalue weighted by Gasteiger charge is 2.36. The van der Waals surface area contributed by atoms with E-state index in [1.165, 1.54) is 0 Å². The Hall–Kier alpha value is -2.09. The van der Waals surface area contributed by atoms with Gasteiger partial charge < -0.3 is 14.9 Å². The smallest absolute Gasteiger partial charge is 0.397 e. The Bertz CT molecular complexity index is 601. The van der Waals surface area contributed by atoms with Crippen molar-refractivity contribution in [1.82, 2.24) is 9.80 Å². The third-order valence-electron chi connectivity index (χ3n) is 4.43. The topological polar surface area (TPSA) is 60.9 Å². The van der Waals surface area contributed by atoms with Gasteiger partial charge in [-0.3, -0.25) is 9.59 Å². The fraction of sp³-hybridized carbons (Fsp3) is 0.556. The van der Waals surface area contributed by atoms with E-state index >= 15 is 0 Å². The van der Waals surface area contributed by atoms with Crippen molar-refractivity contribution < 1.29 is 27.9 Å². The Morgan fingerprint density at radius 3 is 2.31 bits per heavy atom. The lowest BCUT2D eigenvalue weighted by atomic mass is 10.0. The number of hydrogen-bond donors (Lipinski definition) is 1. The van der Waals surface area contributed by atoms with Crippen LogP contribution in [0.5, 0.6) is 0 Å². The number of hydrogen-bond acceptors (Lipinski definition) is 3. The number of amides is 1. The van der Waals surface area contributed by atoms with Gasteiger partial charge in [-0.1, -0.05) is 30.3 Å². The Morgan fingerprint density at radius 2 is 1.77 bits per heavy atom. The minimum absolute atomic E-state index is 0.252. The number of halogens is 3. The fourth-order valence-corrected chi connectivity index (χ4v) is 3.21. The highest BCUT2D eigenvalue weighted by molar-refractivity contribution is 5.78. The third-order valence-corrected chi connectivity index (χ3v) is 4.43. The molecule has 26 heavy (non-hydrogen) atoms. The number of likely N-dealkylation sites (tertiary alicyclic amines) is 1. The van der Waals surface area contributed by atoms with Gasteiger partial charge in [-0.05, 0) is 31.5 Å². The van der Waals surface area contributed by atoms with Gasteiger partial charge in [0, 0.05) is 13.1 Å². The molecule has 2 rings (SSSR count). The van der Waals surface area contributed by atoms with Gasteiger partial charge in [0.05, 0.1) is 12.5 Å². The maximum atomic E-state index is 12.8. The third kappa shape index (κ3) is 6.33. The molecule has 5 nitrogen and oxygen atoms in total. The van der Waals surface area contributed by atoms with Gasteiger partial charge in [0.1, 0.15) is 6.42 Å². The molecule has 1 heterocycles. The van der Waals surface area contributed by atoms with Crippen molar-refractivity contribution in [2.24, 2.45) is 0 Å². The van der Waals surface area contributed by atoms with Gasteiger partial charge in [0.2, 0.25) is 5.91 Å². The van der Waals surface area contributed by atoms with Crippen LogP contribution in [0.4, 0.5) is 13.2 Å². The molecule has 0 saturated carbocycles. The van der Waals surface area contributed by atoms with Gasteiger partial charge in [-0.15, -0.1) is 0 Å². The van der Waals surface area contributed by atoms with E-state index in [1.54, 1.807) is 30.3 Å². The van der Waals surface area contributed by atoms with Gasteiger partial charge >= 0.3 is 12.1 Å². The van der Waals surface area contributed by atoms with E-state index in [9.17, 15) is 22.8 Å². The summed E-state index contributed by atoms with van der Waals surface area (Å²) in [5.41, 5.74) is 0.709. The van der Waals surface area contributed by atoms with E-state index in [0.29, 0.717) is 12.1 Å². The summed E-state index contributed by atoms with van der Waals surface area (Å²) in [6.45, 7) is 1.79. The molecule has 1 N–H and O–H groups in total. The number of carboxylic acid groups (broad SMARTS) is 1. The van der Waals surface area contributed by atoms with Gasteiger partial charge in [-0.2, -0.15) is 13.2 Å². The zero-order chi connectivity index (χ0) is 19.2. The lowest BCUT2D eigenvalue weighted by molar-refractivity contribution is -0.163. The number of aliphatic carboxylic acids is 1. The van der Waals surface area contributed by atoms with Crippen LogP contribution < -0.4 is 0 Å². The van der Waals surface area contributed by atoms with Crippen molar-refractivity contribution in [1.29, 1.82) is 0 Å². The maximum Gasteiger partial charge on any atom is 0.397 e. The molecule has 1 unspecified atom stereocenters. The van der Waals surface area contributed by atoms with Crippen LogP contribution in [0.25, 0.3) is 0 Å². The molecular weight excluding hydrogens is 349 g/mol. The lowest BCUT2D eigenvalue weighted by Gasteiger charge is -2.35. The van der Waals surface area contributed by atoms with E-state index in [-0.39, 0.29) is 6.54 Å². The van der Waals surface area contributed by atoms with Crippen LogP contribution in [0.1, 0.15) is 37.3 Å².